The minimum Gasteiger partial charge on any atom is -0.464 e. The van der Waals surface area contributed by atoms with Crippen LogP contribution in [0.15, 0.2) is 64.5 Å². The van der Waals surface area contributed by atoms with Crippen LogP contribution < -0.4 is 14.9 Å². The highest BCUT2D eigenvalue weighted by Gasteiger charge is 2.23. The Balaban J connectivity index is 1.65. The number of hydrogen-bond donors (Lipinski definition) is 0. The van der Waals surface area contributed by atoms with Gasteiger partial charge in [-0.05, 0) is 35.9 Å². The molecule has 4 rings (SSSR count). The fraction of sp³-hybridized carbons (Fsp3) is 0.269. The normalized spacial score (nSPS) is 11.9. The van der Waals surface area contributed by atoms with E-state index >= 15 is 0 Å². The molecule has 0 saturated heterocycles. The van der Waals surface area contributed by atoms with Crippen molar-refractivity contribution in [2.75, 3.05) is 19.9 Å². The van der Waals surface area contributed by atoms with Gasteiger partial charge >= 0.3 is 0 Å². The van der Waals surface area contributed by atoms with Gasteiger partial charge in [-0.25, -0.2) is 0 Å². The van der Waals surface area contributed by atoms with E-state index in [9.17, 15) is 14.4 Å². The molecule has 0 unspecified atom stereocenters. The molecule has 0 atom stereocenters. The molecule has 182 valence electrons. The molecule has 0 bridgehead atoms. The van der Waals surface area contributed by atoms with Gasteiger partial charge in [-0.1, -0.05) is 30.7 Å². The lowest BCUT2D eigenvalue weighted by Gasteiger charge is -2.27. The summed E-state index contributed by atoms with van der Waals surface area (Å²) in [5.41, 5.74) is 1.21. The van der Waals surface area contributed by atoms with Crippen LogP contribution in [-0.2, 0) is 22.7 Å². The van der Waals surface area contributed by atoms with Crippen LogP contribution in [0.5, 0.6) is 11.5 Å². The maximum Gasteiger partial charge on any atom is 0.242 e. The molecule has 2 heterocycles. The third-order valence-corrected chi connectivity index (χ3v) is 5.90. The van der Waals surface area contributed by atoms with Crippen LogP contribution >= 0.6 is 11.6 Å². The minimum absolute atomic E-state index is 0.0136. The number of fused-ring (bicyclic) bond motifs is 2. The number of carbonyl (C=O) groups excluding carboxylic acids is 2. The molecular formula is C26H25ClN2O6. The van der Waals surface area contributed by atoms with Crippen LogP contribution in [-0.4, -0.2) is 41.5 Å². The van der Waals surface area contributed by atoms with E-state index in [1.54, 1.807) is 43.3 Å². The molecule has 0 radical (unpaired) electrons. The second kappa shape index (κ2) is 10.7. The predicted octanol–water partition coefficient (Wildman–Crippen LogP) is 4.13. The summed E-state index contributed by atoms with van der Waals surface area (Å²) in [6, 6.07) is 10.2. The summed E-state index contributed by atoms with van der Waals surface area (Å²) in [5.74, 6) is 0.728. The van der Waals surface area contributed by atoms with Crippen LogP contribution in [0.2, 0.25) is 5.02 Å². The van der Waals surface area contributed by atoms with E-state index in [1.807, 2.05) is 6.07 Å². The molecule has 1 aliphatic rings. The topological polar surface area (TPSA) is 89.3 Å². The molecule has 0 saturated carbocycles. The second-order valence-corrected chi connectivity index (χ2v) is 8.52. The average Bonchev–Trinajstić information content (AvgIpc) is 3.32. The first-order valence-corrected chi connectivity index (χ1v) is 11.5. The zero-order valence-electron chi connectivity index (χ0n) is 19.3. The molecule has 9 heteroatoms. The Morgan fingerprint density at radius 3 is 2.63 bits per heavy atom. The van der Waals surface area contributed by atoms with Crippen molar-refractivity contribution in [2.45, 2.75) is 26.4 Å². The second-order valence-electron chi connectivity index (χ2n) is 8.08. The van der Waals surface area contributed by atoms with Crippen LogP contribution in [0.3, 0.4) is 0 Å². The smallest absolute Gasteiger partial charge is 0.242 e. The van der Waals surface area contributed by atoms with Gasteiger partial charge in [0.05, 0.1) is 23.8 Å². The maximum absolute atomic E-state index is 13.4. The Hall–Kier alpha value is -3.78. The Kier molecular flexibility index (Phi) is 7.41. The van der Waals surface area contributed by atoms with Gasteiger partial charge < -0.3 is 23.7 Å². The molecule has 1 aliphatic heterocycles. The number of rotatable bonds is 9. The fourth-order valence-electron chi connectivity index (χ4n) is 3.85. The maximum atomic E-state index is 13.4. The number of benzene rings is 2. The van der Waals surface area contributed by atoms with Crippen LogP contribution in [0, 0.1) is 0 Å². The number of carbonyl (C=O) groups is 2. The van der Waals surface area contributed by atoms with Crippen molar-refractivity contribution in [2.24, 2.45) is 0 Å². The van der Waals surface area contributed by atoms with Crippen molar-refractivity contribution >= 4 is 34.4 Å². The van der Waals surface area contributed by atoms with Crippen molar-refractivity contribution in [3.63, 3.8) is 0 Å². The minimum atomic E-state index is -0.322. The largest absolute Gasteiger partial charge is 0.464 e. The molecule has 2 amide bonds. The molecule has 1 aromatic heterocycles. The first kappa shape index (κ1) is 24.3. The summed E-state index contributed by atoms with van der Waals surface area (Å²) >= 11 is 6.07. The van der Waals surface area contributed by atoms with E-state index in [4.69, 9.17) is 25.5 Å². The third kappa shape index (κ3) is 5.49. The van der Waals surface area contributed by atoms with Gasteiger partial charge in [-0.3, -0.25) is 14.4 Å². The highest BCUT2D eigenvalue weighted by Crippen LogP contribution is 2.33. The third-order valence-electron chi connectivity index (χ3n) is 5.66. The lowest BCUT2D eigenvalue weighted by molar-refractivity contribution is -0.140. The van der Waals surface area contributed by atoms with Gasteiger partial charge in [-0.15, -0.1) is 6.58 Å². The number of hydrogen-bond acceptors (Lipinski definition) is 6. The van der Waals surface area contributed by atoms with Gasteiger partial charge in [0.25, 0.3) is 0 Å². The number of nitrogens with zero attached hydrogens (tertiary/aromatic N) is 2. The monoisotopic (exact) mass is 496 g/mol. The fourth-order valence-corrected chi connectivity index (χ4v) is 4.02. The van der Waals surface area contributed by atoms with Gasteiger partial charge in [0, 0.05) is 24.5 Å². The summed E-state index contributed by atoms with van der Waals surface area (Å²) in [6.07, 6.45) is 3.19. The lowest BCUT2D eigenvalue weighted by atomic mass is 10.1. The van der Waals surface area contributed by atoms with Crippen LogP contribution in [0.1, 0.15) is 24.5 Å². The highest BCUT2D eigenvalue weighted by molar-refractivity contribution is 6.31. The number of amides is 2. The number of ether oxygens (including phenoxy) is 2. The number of halogens is 1. The molecule has 0 N–H and O–H groups in total. The Morgan fingerprint density at radius 1 is 1.06 bits per heavy atom. The molecule has 35 heavy (non-hydrogen) atoms. The summed E-state index contributed by atoms with van der Waals surface area (Å²) in [7, 11) is 0. The van der Waals surface area contributed by atoms with E-state index in [0.29, 0.717) is 33.1 Å². The van der Waals surface area contributed by atoms with Crippen LogP contribution in [0.25, 0.3) is 11.0 Å². The van der Waals surface area contributed by atoms with Gasteiger partial charge in [0.2, 0.25) is 18.6 Å². The summed E-state index contributed by atoms with van der Waals surface area (Å²) < 4.78 is 16.5. The standard InChI is InChI=1S/C26H25ClN2O6/c1-3-9-28(24(30)4-2)14-25(31)29(12-17-5-7-22-23(10-17)35-16-34-22)13-18-15-33-21-8-6-19(27)11-20(21)26(18)32/h3,5-8,10-11,15H,1,4,9,12-14,16H2,2H3. The van der Waals surface area contributed by atoms with Crippen molar-refractivity contribution in [3.8, 4) is 11.5 Å². The zero-order valence-corrected chi connectivity index (χ0v) is 20.0. The Morgan fingerprint density at radius 2 is 1.86 bits per heavy atom. The molecule has 0 aliphatic carbocycles. The van der Waals surface area contributed by atoms with Gasteiger partial charge in [-0.2, -0.15) is 0 Å². The molecule has 2 aromatic carbocycles. The summed E-state index contributed by atoms with van der Waals surface area (Å²) in [5, 5.41) is 0.744. The zero-order chi connectivity index (χ0) is 24.9. The van der Waals surface area contributed by atoms with Crippen molar-refractivity contribution in [1.29, 1.82) is 0 Å². The Labute approximate surface area is 207 Å². The van der Waals surface area contributed by atoms with Crippen LogP contribution in [0.4, 0.5) is 0 Å². The highest BCUT2D eigenvalue weighted by atomic mass is 35.5. The summed E-state index contributed by atoms with van der Waals surface area (Å²) in [4.78, 5) is 41.8. The quantitative estimate of drug-likeness (QED) is 0.414. The van der Waals surface area contributed by atoms with E-state index < -0.39 is 0 Å². The molecule has 0 fully saturated rings. The van der Waals surface area contributed by atoms with E-state index in [2.05, 4.69) is 6.58 Å². The average molecular weight is 497 g/mol. The molecule has 8 nitrogen and oxygen atoms in total. The predicted molar refractivity (Wildman–Crippen MR) is 131 cm³/mol. The van der Waals surface area contributed by atoms with Crippen molar-refractivity contribution in [3.05, 3.63) is 81.7 Å². The first-order valence-electron chi connectivity index (χ1n) is 11.1. The van der Waals surface area contributed by atoms with E-state index in [0.717, 1.165) is 5.56 Å². The van der Waals surface area contributed by atoms with Gasteiger partial charge in [0.15, 0.2) is 16.9 Å². The van der Waals surface area contributed by atoms with Gasteiger partial charge in [0.1, 0.15) is 12.1 Å². The first-order chi connectivity index (χ1) is 16.9. The Bertz CT molecular complexity index is 1340. The molecule has 0 spiro atoms. The van der Waals surface area contributed by atoms with Crippen molar-refractivity contribution < 1.29 is 23.5 Å². The molecular weight excluding hydrogens is 472 g/mol. The lowest BCUT2D eigenvalue weighted by Crippen LogP contribution is -2.42. The molecule has 3 aromatic rings. The van der Waals surface area contributed by atoms with E-state index in [-0.39, 0.29) is 56.6 Å². The van der Waals surface area contributed by atoms with Crippen molar-refractivity contribution in [1.82, 2.24) is 9.80 Å². The SMILES string of the molecule is C=CCN(CC(=O)N(Cc1ccc2c(c1)OCO2)Cc1coc2ccc(Cl)cc2c1=O)C(=O)CC. The summed E-state index contributed by atoms with van der Waals surface area (Å²) in [6.45, 7) is 5.82. The van der Waals surface area contributed by atoms with E-state index in [1.165, 1.54) is 16.1 Å².